The molecule has 3 aliphatic rings. The minimum atomic E-state index is -1.24. The Balaban J connectivity index is 0.000000250. The molecule has 0 aliphatic carbocycles. The number of nitrogens with zero attached hydrogens (tertiary/aromatic N) is 6. The first kappa shape index (κ1) is 89.1. The SMILES string of the molecule is C=C[C@](C)(COC)C(=O)O.CC(C)[C@H](O)C(=O)N[C@@H](C)C(=O)N1CCC[C@@H](C(=O)N[C@H](C)c2ccc3ccc(Br)cc3n2)N1.COC[C@@]1(C)/C=C/c2ccc3ccc(nc3c2)[C@@H](C)NC(=O)[C@@H]2CCCN(N2)C(=O)[C@H](C)NC(=O)[C@H](C(C)C)OC1=O.Cc1cccc([N+](=O)[O-])c1C(=O)OC(=O)c1c(C)cccc1[N+](=O)[O-]. The summed E-state index contributed by atoms with van der Waals surface area (Å²) in [6.07, 6.45) is 4.94. The van der Waals surface area contributed by atoms with E-state index in [0.717, 1.165) is 49.7 Å². The van der Waals surface area contributed by atoms with Crippen LogP contribution in [0.2, 0.25) is 0 Å². The molecule has 8 N–H and O–H groups in total. The van der Waals surface area contributed by atoms with Gasteiger partial charge in [-0.05, 0) is 140 Å². The summed E-state index contributed by atoms with van der Waals surface area (Å²) in [7, 11) is 2.96. The van der Waals surface area contributed by atoms with Crippen LogP contribution in [0.4, 0.5) is 11.4 Å². The molecule has 6 aromatic rings. The maximum atomic E-state index is 13.5. The summed E-state index contributed by atoms with van der Waals surface area (Å²) < 4.78 is 21.5. The highest BCUT2D eigenvalue weighted by Gasteiger charge is 2.40. The monoisotopic (exact) mass is 1600 g/mol. The lowest BCUT2D eigenvalue weighted by atomic mass is 9.90. The van der Waals surface area contributed by atoms with Crippen molar-refractivity contribution in [1.82, 2.24) is 52.1 Å². The average molecular weight is 1600 g/mol. The molecular formula is C78H97BrN12O20. The minimum absolute atomic E-state index is 0.0264. The second-order valence-electron chi connectivity index (χ2n) is 28.2. The van der Waals surface area contributed by atoms with E-state index in [2.05, 4.69) is 64.3 Å². The number of aryl methyl sites for hydroxylation is 2. The number of cyclic esters (lactones) is 1. The Kier molecular flexibility index (Phi) is 32.3. The van der Waals surface area contributed by atoms with Crippen molar-refractivity contribution < 1.29 is 87.0 Å². The lowest BCUT2D eigenvalue weighted by Gasteiger charge is -2.35. The Morgan fingerprint density at radius 3 is 1.91 bits per heavy atom. The predicted molar refractivity (Wildman–Crippen MR) is 413 cm³/mol. The molecule has 32 nitrogen and oxygen atoms in total. The van der Waals surface area contributed by atoms with E-state index in [1.54, 1.807) is 67.5 Å². The van der Waals surface area contributed by atoms with Crippen LogP contribution in [0.3, 0.4) is 0 Å². The van der Waals surface area contributed by atoms with E-state index in [4.69, 9.17) is 24.3 Å². The van der Waals surface area contributed by atoms with Gasteiger partial charge in [0.25, 0.3) is 29.1 Å². The first-order valence-corrected chi connectivity index (χ1v) is 36.6. The average Bonchev–Trinajstić information content (AvgIpc) is 1.27. The number of hydrogen-bond donors (Lipinski definition) is 8. The lowest BCUT2D eigenvalue weighted by molar-refractivity contribution is -0.385. The molecule has 2 saturated heterocycles. The summed E-state index contributed by atoms with van der Waals surface area (Å²) in [6.45, 7) is 24.4. The van der Waals surface area contributed by atoms with E-state index in [1.165, 1.54) is 68.4 Å². The molecule has 6 amide bonds. The van der Waals surface area contributed by atoms with Crippen molar-refractivity contribution in [2.75, 3.05) is 40.5 Å². The number of nitrogens with one attached hydrogen (secondary N) is 6. The first-order valence-electron chi connectivity index (χ1n) is 35.8. The van der Waals surface area contributed by atoms with Gasteiger partial charge in [0, 0.05) is 54.7 Å². The number of aliphatic carboxylic acids is 1. The molecule has 0 saturated carbocycles. The van der Waals surface area contributed by atoms with Gasteiger partial charge in [0.1, 0.15) is 52.2 Å². The third-order valence-corrected chi connectivity index (χ3v) is 18.9. The summed E-state index contributed by atoms with van der Waals surface area (Å²) >= 11 is 3.45. The van der Waals surface area contributed by atoms with E-state index in [0.29, 0.717) is 44.5 Å². The molecule has 5 bridgehead atoms. The van der Waals surface area contributed by atoms with Crippen molar-refractivity contribution in [3.05, 3.63) is 180 Å². The fourth-order valence-corrected chi connectivity index (χ4v) is 12.1. The number of aliphatic hydroxyl groups is 1. The number of aliphatic hydroxyl groups excluding tert-OH is 1. The maximum Gasteiger partial charge on any atom is 0.353 e. The number of carbonyl (C=O) groups is 10. The number of pyridine rings is 2. The molecule has 9 rings (SSSR count). The fourth-order valence-electron chi connectivity index (χ4n) is 11.7. The predicted octanol–water partition coefficient (Wildman–Crippen LogP) is 8.88. The number of benzene rings is 4. The number of aromatic nitrogens is 2. The first-order chi connectivity index (χ1) is 52.3. The van der Waals surface area contributed by atoms with Gasteiger partial charge in [-0.1, -0.05) is 116 Å². The Hall–Kier alpha value is -10.8. The Labute approximate surface area is 650 Å². The van der Waals surface area contributed by atoms with E-state index >= 15 is 0 Å². The van der Waals surface area contributed by atoms with Crippen molar-refractivity contribution in [3.8, 4) is 0 Å². The highest BCUT2D eigenvalue weighted by atomic mass is 79.9. The van der Waals surface area contributed by atoms with Crippen molar-refractivity contribution in [3.63, 3.8) is 0 Å². The van der Waals surface area contributed by atoms with Gasteiger partial charge < -0.3 is 50.4 Å². The Bertz CT molecular complexity index is 4430. The zero-order chi connectivity index (χ0) is 82.5. The molecule has 0 unspecified atom stereocenters. The molecular weight excluding hydrogens is 1500 g/mol. The number of rotatable bonds is 18. The number of ether oxygens (including phenoxy) is 4. The zero-order valence-electron chi connectivity index (χ0n) is 64.4. The normalized spacial score (nSPS) is 20.4. The molecule has 10 atom stereocenters. The molecule has 2 aromatic heterocycles. The standard InChI is InChI=1S/C31H41N5O6.C24H32BrN5O4.C16H12N2O7.C7H12O3/c1-18(2)26-28(38)33-20(4)29(39)36-15-7-8-24(35-36)27(37)32-19(3)23-12-11-22-10-9-21(16-25(22)34-23)13-14-31(5,17-41-6)30(40)42-26;1-13(2)21(31)23(33)27-15(4)24(34)30-11-5-6-19(29-30)22(32)26-14(3)18-10-8-16-7-9-17(25)12-20(16)28-18;1-9-5-3-7-11(17(21)22)13(9)15(19)25-16(20)14-10(2)6-4-8-12(14)18(23)24;1-4-7(2,5-10-3)6(8)9/h9-14,16,18-20,24,26,35H,7-8,15,17H2,1-6H3,(H,32,37)(H,33,38);7-10,12-15,19,21,29,31H,5-6,11H2,1-4H3,(H,26,32)(H,27,33);3-8H,1-2H3;4H,1,5H2,2-3H3,(H,8,9)/b14-13+;;;/t19-,20+,24+,26+,31-;14-,15+,19+,21+;;7-/m11.1/s1. The molecule has 2 fully saturated rings. The van der Waals surface area contributed by atoms with E-state index in [9.17, 15) is 73.3 Å². The molecule has 33 heteroatoms. The van der Waals surface area contributed by atoms with Gasteiger partial charge in [0.15, 0.2) is 6.10 Å². The summed E-state index contributed by atoms with van der Waals surface area (Å²) in [4.78, 5) is 156. The van der Waals surface area contributed by atoms with Gasteiger partial charge in [0.2, 0.25) is 17.7 Å². The molecule has 0 spiro atoms. The van der Waals surface area contributed by atoms with E-state index in [-0.39, 0.29) is 77.1 Å². The Morgan fingerprint density at radius 1 is 0.775 bits per heavy atom. The number of carboxylic acids is 1. The number of nitro benzene ring substituents is 2. The van der Waals surface area contributed by atoms with Gasteiger partial charge >= 0.3 is 23.9 Å². The van der Waals surface area contributed by atoms with Crippen LogP contribution in [0.15, 0.2) is 120 Å². The molecule has 0 radical (unpaired) electrons. The number of halogens is 1. The topological polar surface area (TPSA) is 439 Å². The maximum absolute atomic E-state index is 13.5. The highest BCUT2D eigenvalue weighted by Crippen LogP contribution is 2.30. The molecule has 596 valence electrons. The van der Waals surface area contributed by atoms with Gasteiger partial charge in [-0.3, -0.25) is 78.6 Å². The summed E-state index contributed by atoms with van der Waals surface area (Å²) in [5, 5.41) is 56.5. The molecule has 4 aromatic carbocycles. The van der Waals surface area contributed by atoms with Gasteiger partial charge in [-0.25, -0.2) is 20.4 Å². The number of carboxylic acid groups (broad SMARTS) is 1. The summed E-state index contributed by atoms with van der Waals surface area (Å²) in [5.74, 6) is -7.05. The Morgan fingerprint density at radius 2 is 1.35 bits per heavy atom. The lowest BCUT2D eigenvalue weighted by Crippen LogP contribution is -2.61. The van der Waals surface area contributed by atoms with Gasteiger partial charge in [0.05, 0.1) is 57.6 Å². The third-order valence-electron chi connectivity index (χ3n) is 18.4. The number of fused-ring (bicyclic) bond motifs is 5. The van der Waals surface area contributed by atoms with Crippen LogP contribution in [-0.2, 0) is 57.3 Å². The second-order valence-corrected chi connectivity index (χ2v) is 29.2. The van der Waals surface area contributed by atoms with Crippen molar-refractivity contribution in [2.24, 2.45) is 22.7 Å². The second kappa shape index (κ2) is 40.2. The number of nitro groups is 2. The zero-order valence-corrected chi connectivity index (χ0v) is 66.0. The van der Waals surface area contributed by atoms with Crippen LogP contribution in [0.25, 0.3) is 27.9 Å². The number of methoxy groups -OCH3 is 2. The third kappa shape index (κ3) is 23.8. The number of esters is 3. The van der Waals surface area contributed by atoms with Crippen LogP contribution >= 0.6 is 15.9 Å². The molecule has 5 heterocycles. The summed E-state index contributed by atoms with van der Waals surface area (Å²) in [6, 6.07) is 23.5. The van der Waals surface area contributed by atoms with Crippen LogP contribution in [0.1, 0.15) is 156 Å². The van der Waals surface area contributed by atoms with E-state index in [1.807, 2.05) is 74.5 Å². The van der Waals surface area contributed by atoms with Crippen LogP contribution in [0.5, 0.6) is 0 Å². The van der Waals surface area contributed by atoms with Crippen molar-refractivity contribution >= 4 is 115 Å². The van der Waals surface area contributed by atoms with Crippen molar-refractivity contribution in [1.29, 1.82) is 0 Å². The van der Waals surface area contributed by atoms with E-state index < -0.39 is 110 Å². The smallest absolute Gasteiger partial charge is 0.353 e. The van der Waals surface area contributed by atoms with Gasteiger partial charge in [-0.2, -0.15) is 0 Å². The largest absolute Gasteiger partial charge is 0.481 e. The van der Waals surface area contributed by atoms with Gasteiger partial charge in [-0.15, -0.1) is 6.58 Å². The number of amides is 6. The highest BCUT2D eigenvalue weighted by molar-refractivity contribution is 9.10. The summed E-state index contributed by atoms with van der Waals surface area (Å²) in [5.41, 5.74) is 6.35. The number of hydrazine groups is 2. The van der Waals surface area contributed by atoms with Crippen LogP contribution in [0, 0.1) is 56.7 Å². The minimum Gasteiger partial charge on any atom is -0.481 e. The van der Waals surface area contributed by atoms with Crippen molar-refractivity contribution in [2.45, 2.75) is 157 Å². The molecule has 111 heavy (non-hydrogen) atoms. The molecule has 3 aliphatic heterocycles. The van der Waals surface area contributed by atoms with Crippen LogP contribution in [-0.4, -0.2) is 176 Å². The number of carbonyl (C=O) groups excluding carboxylic acids is 9. The number of hydrogen-bond acceptors (Lipinski definition) is 23. The quantitative estimate of drug-likeness (QED) is 0.0131. The fraction of sp³-hybridized carbons (Fsp3) is 0.436. The van der Waals surface area contributed by atoms with Crippen LogP contribution < -0.4 is 32.1 Å².